The summed E-state index contributed by atoms with van der Waals surface area (Å²) < 4.78 is 11.3. The summed E-state index contributed by atoms with van der Waals surface area (Å²) in [7, 11) is 3.44. The maximum Gasteiger partial charge on any atom is 0.191 e. The molecule has 0 saturated carbocycles. The zero-order chi connectivity index (χ0) is 20.5. The number of aryl methyl sites for hydroxylation is 3. The van der Waals surface area contributed by atoms with Crippen LogP contribution in [0, 0.1) is 0 Å². The van der Waals surface area contributed by atoms with Crippen LogP contribution in [0.15, 0.2) is 29.3 Å². The van der Waals surface area contributed by atoms with Gasteiger partial charge in [-0.3, -0.25) is 4.99 Å². The Balaban J connectivity index is 1.36. The molecule has 0 aliphatic heterocycles. The molecular weight excluding hydrogens is 384 g/mol. The monoisotopic (exact) mass is 416 g/mol. The van der Waals surface area contributed by atoms with Gasteiger partial charge in [-0.05, 0) is 51.2 Å². The molecule has 158 valence electrons. The molecule has 1 aromatic heterocycles. The summed E-state index contributed by atoms with van der Waals surface area (Å²) in [5, 5.41) is 7.98. The lowest BCUT2D eigenvalue weighted by Crippen LogP contribution is -2.42. The molecule has 1 heterocycles. The average Bonchev–Trinajstić information content (AvgIpc) is 3.16. The molecule has 1 aromatic carbocycles. The first-order valence-electron chi connectivity index (χ1n) is 10.4. The van der Waals surface area contributed by atoms with Gasteiger partial charge in [0.15, 0.2) is 17.5 Å². The number of hydrogen-bond acceptors (Lipinski definition) is 5. The van der Waals surface area contributed by atoms with Gasteiger partial charge in [-0.15, -0.1) is 11.3 Å². The van der Waals surface area contributed by atoms with Crippen molar-refractivity contribution in [3.05, 3.63) is 39.8 Å². The van der Waals surface area contributed by atoms with Crippen LogP contribution in [-0.2, 0) is 19.3 Å². The largest absolute Gasteiger partial charge is 0.493 e. The van der Waals surface area contributed by atoms with Crippen LogP contribution in [-0.4, -0.2) is 44.3 Å². The van der Waals surface area contributed by atoms with Crippen LogP contribution in [0.5, 0.6) is 11.5 Å². The first-order chi connectivity index (χ1) is 14.2. The number of aliphatic imine (C=N–C) groups is 1. The fourth-order valence-corrected chi connectivity index (χ4v) is 4.59. The fraction of sp³-hybridized carbons (Fsp3) is 0.545. The van der Waals surface area contributed by atoms with Gasteiger partial charge >= 0.3 is 0 Å². The minimum absolute atomic E-state index is 0.0218. The Hall–Kier alpha value is -2.28. The van der Waals surface area contributed by atoms with Gasteiger partial charge in [0.1, 0.15) is 6.10 Å². The zero-order valence-corrected chi connectivity index (χ0v) is 18.5. The lowest BCUT2D eigenvalue weighted by molar-refractivity contribution is 0.213. The summed E-state index contributed by atoms with van der Waals surface area (Å²) in [6.45, 7) is 3.54. The SMILES string of the molecule is CN=C(NCCCc1nc2c(s1)CCCC2)NCC(C)Oc1ccccc1OC. The van der Waals surface area contributed by atoms with Crippen LogP contribution in [0.3, 0.4) is 0 Å². The Morgan fingerprint density at radius 3 is 2.76 bits per heavy atom. The van der Waals surface area contributed by atoms with E-state index in [9.17, 15) is 0 Å². The number of ether oxygens (including phenoxy) is 2. The second-order valence-corrected chi connectivity index (χ2v) is 8.42. The van der Waals surface area contributed by atoms with Crippen molar-refractivity contribution < 1.29 is 9.47 Å². The third kappa shape index (κ3) is 6.35. The highest BCUT2D eigenvalue weighted by Crippen LogP contribution is 2.27. The minimum atomic E-state index is -0.0218. The van der Waals surface area contributed by atoms with Crippen LogP contribution in [0.2, 0.25) is 0 Å². The maximum absolute atomic E-state index is 5.98. The van der Waals surface area contributed by atoms with Gasteiger partial charge in [-0.2, -0.15) is 0 Å². The molecule has 1 atom stereocenters. The topological polar surface area (TPSA) is 67.8 Å². The Labute approximate surface area is 177 Å². The van der Waals surface area contributed by atoms with Crippen molar-refractivity contribution >= 4 is 17.3 Å². The van der Waals surface area contributed by atoms with E-state index in [-0.39, 0.29) is 6.10 Å². The molecular formula is C22H32N4O2S. The molecule has 1 aliphatic rings. The highest BCUT2D eigenvalue weighted by atomic mass is 32.1. The first kappa shape index (κ1) is 21.4. The number of benzene rings is 1. The molecule has 2 N–H and O–H groups in total. The van der Waals surface area contributed by atoms with E-state index in [1.165, 1.54) is 34.8 Å². The van der Waals surface area contributed by atoms with Gasteiger partial charge in [0.05, 0.1) is 24.4 Å². The Morgan fingerprint density at radius 2 is 2.00 bits per heavy atom. The molecule has 3 rings (SSSR count). The van der Waals surface area contributed by atoms with E-state index in [0.29, 0.717) is 6.54 Å². The lowest BCUT2D eigenvalue weighted by atomic mass is 10.0. The molecule has 1 unspecified atom stereocenters. The number of para-hydroxylation sites is 2. The third-order valence-electron chi connectivity index (χ3n) is 4.93. The number of hydrogen-bond donors (Lipinski definition) is 2. The van der Waals surface area contributed by atoms with E-state index in [1.807, 2.05) is 42.5 Å². The molecule has 7 heteroatoms. The van der Waals surface area contributed by atoms with Crippen LogP contribution in [0.4, 0.5) is 0 Å². The fourth-order valence-electron chi connectivity index (χ4n) is 3.39. The second kappa shape index (κ2) is 11.0. The van der Waals surface area contributed by atoms with Gasteiger partial charge in [0.2, 0.25) is 0 Å². The number of methoxy groups -OCH3 is 1. The molecule has 0 bridgehead atoms. The van der Waals surface area contributed by atoms with E-state index in [4.69, 9.17) is 14.5 Å². The number of thiazole rings is 1. The minimum Gasteiger partial charge on any atom is -0.493 e. The van der Waals surface area contributed by atoms with Gasteiger partial charge in [-0.25, -0.2) is 4.98 Å². The van der Waals surface area contributed by atoms with E-state index in [2.05, 4.69) is 15.6 Å². The van der Waals surface area contributed by atoms with Crippen molar-refractivity contribution in [1.82, 2.24) is 15.6 Å². The summed E-state index contributed by atoms with van der Waals surface area (Å²) in [6.07, 6.45) is 7.03. The maximum atomic E-state index is 5.98. The smallest absolute Gasteiger partial charge is 0.191 e. The van der Waals surface area contributed by atoms with Gasteiger partial charge in [0.25, 0.3) is 0 Å². The van der Waals surface area contributed by atoms with Crippen molar-refractivity contribution in [2.24, 2.45) is 4.99 Å². The third-order valence-corrected chi connectivity index (χ3v) is 6.14. The summed E-state index contributed by atoms with van der Waals surface area (Å²) in [4.78, 5) is 10.6. The molecule has 1 aliphatic carbocycles. The standard InChI is InChI=1S/C22H32N4O2S/c1-16(28-19-11-6-5-10-18(19)27-3)15-25-22(23-2)24-14-8-13-21-26-17-9-4-7-12-20(17)29-21/h5-6,10-11,16H,4,7-9,12-15H2,1-3H3,(H2,23,24,25). The second-order valence-electron chi connectivity index (χ2n) is 7.25. The number of guanidine groups is 1. The molecule has 0 radical (unpaired) electrons. The summed E-state index contributed by atoms with van der Waals surface area (Å²) in [5.41, 5.74) is 1.35. The summed E-state index contributed by atoms with van der Waals surface area (Å²) in [5.74, 6) is 2.28. The number of rotatable bonds is 9. The van der Waals surface area contributed by atoms with Crippen molar-refractivity contribution in [3.63, 3.8) is 0 Å². The van der Waals surface area contributed by atoms with E-state index < -0.39 is 0 Å². The zero-order valence-electron chi connectivity index (χ0n) is 17.7. The van der Waals surface area contributed by atoms with Crippen molar-refractivity contribution in [2.75, 3.05) is 27.2 Å². The van der Waals surface area contributed by atoms with E-state index >= 15 is 0 Å². The average molecular weight is 417 g/mol. The van der Waals surface area contributed by atoms with Gasteiger partial charge < -0.3 is 20.1 Å². The molecule has 0 amide bonds. The van der Waals surface area contributed by atoms with Crippen LogP contribution in [0.1, 0.15) is 41.8 Å². The van der Waals surface area contributed by atoms with Crippen LogP contribution >= 0.6 is 11.3 Å². The highest BCUT2D eigenvalue weighted by molar-refractivity contribution is 7.11. The first-order valence-corrected chi connectivity index (χ1v) is 11.2. The van der Waals surface area contributed by atoms with Crippen molar-refractivity contribution in [3.8, 4) is 11.5 Å². The Bertz CT molecular complexity index is 782. The van der Waals surface area contributed by atoms with E-state index in [0.717, 1.165) is 43.3 Å². The molecule has 2 aromatic rings. The van der Waals surface area contributed by atoms with Gasteiger partial charge in [-0.1, -0.05) is 12.1 Å². The lowest BCUT2D eigenvalue weighted by Gasteiger charge is -2.19. The Morgan fingerprint density at radius 1 is 1.21 bits per heavy atom. The predicted molar refractivity (Wildman–Crippen MR) is 120 cm³/mol. The van der Waals surface area contributed by atoms with Crippen molar-refractivity contribution in [2.45, 2.75) is 51.6 Å². The number of aromatic nitrogens is 1. The van der Waals surface area contributed by atoms with Crippen molar-refractivity contribution in [1.29, 1.82) is 0 Å². The molecule has 0 fully saturated rings. The van der Waals surface area contributed by atoms with E-state index in [1.54, 1.807) is 14.2 Å². The molecule has 0 saturated heterocycles. The van der Waals surface area contributed by atoms with Crippen LogP contribution < -0.4 is 20.1 Å². The number of nitrogens with one attached hydrogen (secondary N) is 2. The molecule has 6 nitrogen and oxygen atoms in total. The van der Waals surface area contributed by atoms with Crippen LogP contribution in [0.25, 0.3) is 0 Å². The number of fused-ring (bicyclic) bond motifs is 1. The summed E-state index contributed by atoms with van der Waals surface area (Å²) in [6, 6.07) is 7.69. The van der Waals surface area contributed by atoms with Gasteiger partial charge in [0, 0.05) is 24.9 Å². The molecule has 29 heavy (non-hydrogen) atoms. The normalized spacial score (nSPS) is 14.8. The Kier molecular flexibility index (Phi) is 8.16. The quantitative estimate of drug-likeness (QED) is 0.371. The number of nitrogens with zero attached hydrogens (tertiary/aromatic N) is 2. The predicted octanol–water partition coefficient (Wildman–Crippen LogP) is 3.60. The highest BCUT2D eigenvalue weighted by Gasteiger charge is 2.14. The summed E-state index contributed by atoms with van der Waals surface area (Å²) >= 11 is 1.91. The molecule has 0 spiro atoms.